The quantitative estimate of drug-likeness (QED) is 0.573. The Hall–Kier alpha value is -1.14. The van der Waals surface area contributed by atoms with Crippen molar-refractivity contribution in [3.05, 3.63) is 59.7 Å². The SMILES string of the molecule is Fc1ccc(SSc2ccc(F)cc2F)c(F)c1. The van der Waals surface area contributed by atoms with E-state index in [1.54, 1.807) is 0 Å². The number of rotatable bonds is 3. The Balaban J connectivity index is 2.11. The van der Waals surface area contributed by atoms with Crippen LogP contribution in [0.3, 0.4) is 0 Å². The van der Waals surface area contributed by atoms with Gasteiger partial charge in [0, 0.05) is 12.1 Å². The van der Waals surface area contributed by atoms with Gasteiger partial charge in [-0.2, -0.15) is 0 Å². The summed E-state index contributed by atoms with van der Waals surface area (Å²) in [5.41, 5.74) is 0. The van der Waals surface area contributed by atoms with Crippen molar-refractivity contribution in [1.29, 1.82) is 0 Å². The van der Waals surface area contributed by atoms with Gasteiger partial charge in [0.25, 0.3) is 0 Å². The molecule has 0 radical (unpaired) electrons. The Morgan fingerprint density at radius 2 is 1.00 bits per heavy atom. The van der Waals surface area contributed by atoms with Crippen molar-refractivity contribution in [3.8, 4) is 0 Å². The molecule has 0 bridgehead atoms. The highest BCUT2D eigenvalue weighted by Gasteiger charge is 2.09. The van der Waals surface area contributed by atoms with Gasteiger partial charge in [-0.15, -0.1) is 0 Å². The third-order valence-corrected chi connectivity index (χ3v) is 4.44. The predicted molar refractivity (Wildman–Crippen MR) is 64.4 cm³/mol. The average molecular weight is 290 g/mol. The summed E-state index contributed by atoms with van der Waals surface area (Å²) in [5.74, 6) is -2.77. The second-order valence-corrected chi connectivity index (χ2v) is 5.53. The highest BCUT2D eigenvalue weighted by Crippen LogP contribution is 2.39. The fraction of sp³-hybridized carbons (Fsp3) is 0. The smallest absolute Gasteiger partial charge is 0.140 e. The zero-order valence-electron chi connectivity index (χ0n) is 8.79. The van der Waals surface area contributed by atoms with Gasteiger partial charge < -0.3 is 0 Å². The summed E-state index contributed by atoms with van der Waals surface area (Å²) in [7, 11) is 1.88. The molecule has 2 aromatic rings. The summed E-state index contributed by atoms with van der Waals surface area (Å²) in [5, 5.41) is 0. The minimum Gasteiger partial charge on any atom is -0.207 e. The first-order valence-corrected chi connectivity index (χ1v) is 6.96. The van der Waals surface area contributed by atoms with Gasteiger partial charge >= 0.3 is 0 Å². The summed E-state index contributed by atoms with van der Waals surface area (Å²) < 4.78 is 51.9. The molecule has 0 aromatic heterocycles. The molecule has 94 valence electrons. The normalized spacial score (nSPS) is 10.7. The molecule has 0 unspecified atom stereocenters. The second kappa shape index (κ2) is 5.67. The lowest BCUT2D eigenvalue weighted by atomic mass is 10.3. The average Bonchev–Trinajstić information content (AvgIpc) is 2.30. The third-order valence-electron chi connectivity index (χ3n) is 2.01. The molecule has 0 heterocycles. The Kier molecular flexibility index (Phi) is 4.19. The van der Waals surface area contributed by atoms with E-state index in [-0.39, 0.29) is 9.79 Å². The summed E-state index contributed by atoms with van der Waals surface area (Å²) in [4.78, 5) is 0.371. The van der Waals surface area contributed by atoms with Gasteiger partial charge in [0.05, 0.1) is 9.79 Å². The second-order valence-electron chi connectivity index (χ2n) is 3.32. The largest absolute Gasteiger partial charge is 0.207 e. The van der Waals surface area contributed by atoms with Crippen molar-refractivity contribution in [3.63, 3.8) is 0 Å². The van der Waals surface area contributed by atoms with E-state index in [4.69, 9.17) is 0 Å². The fourth-order valence-corrected chi connectivity index (χ4v) is 3.23. The van der Waals surface area contributed by atoms with Gasteiger partial charge in [0.2, 0.25) is 0 Å². The summed E-state index contributed by atoms with van der Waals surface area (Å²) >= 11 is 0. The molecule has 0 aliphatic carbocycles. The highest BCUT2D eigenvalue weighted by molar-refractivity contribution is 8.76. The van der Waals surface area contributed by atoms with Crippen molar-refractivity contribution in [2.45, 2.75) is 9.79 Å². The fourth-order valence-electron chi connectivity index (χ4n) is 1.18. The lowest BCUT2D eigenvalue weighted by Gasteiger charge is -2.04. The molecule has 2 rings (SSSR count). The first-order chi connectivity index (χ1) is 8.56. The number of hydrogen-bond acceptors (Lipinski definition) is 2. The first-order valence-electron chi connectivity index (χ1n) is 4.81. The van der Waals surface area contributed by atoms with Gasteiger partial charge in [-0.25, -0.2) is 17.6 Å². The predicted octanol–water partition coefficient (Wildman–Crippen LogP) is 5.04. The van der Waals surface area contributed by atoms with Gasteiger partial charge in [-0.05, 0) is 45.9 Å². The number of benzene rings is 2. The molecular weight excluding hydrogens is 284 g/mol. The lowest BCUT2D eigenvalue weighted by Crippen LogP contribution is -1.84. The lowest BCUT2D eigenvalue weighted by molar-refractivity contribution is 0.564. The van der Waals surface area contributed by atoms with Crippen LogP contribution in [0.2, 0.25) is 0 Å². The van der Waals surface area contributed by atoms with Crippen LogP contribution >= 0.6 is 21.6 Å². The molecule has 2 aromatic carbocycles. The molecule has 0 N–H and O–H groups in total. The van der Waals surface area contributed by atoms with E-state index in [9.17, 15) is 17.6 Å². The van der Waals surface area contributed by atoms with Crippen LogP contribution in [0.5, 0.6) is 0 Å². The van der Waals surface area contributed by atoms with E-state index < -0.39 is 23.3 Å². The molecule has 0 amide bonds. The van der Waals surface area contributed by atoms with Crippen LogP contribution < -0.4 is 0 Å². The van der Waals surface area contributed by atoms with Crippen molar-refractivity contribution < 1.29 is 17.6 Å². The van der Waals surface area contributed by atoms with E-state index in [1.807, 2.05) is 0 Å². The van der Waals surface area contributed by atoms with Crippen molar-refractivity contribution in [2.24, 2.45) is 0 Å². The number of hydrogen-bond donors (Lipinski definition) is 0. The maximum atomic E-state index is 13.3. The maximum absolute atomic E-state index is 13.3. The van der Waals surface area contributed by atoms with Crippen molar-refractivity contribution >= 4 is 21.6 Å². The van der Waals surface area contributed by atoms with Crippen LogP contribution in [0.1, 0.15) is 0 Å². The molecule has 0 spiro atoms. The summed E-state index contributed by atoms with van der Waals surface area (Å²) in [6, 6.07) is 6.28. The monoisotopic (exact) mass is 290 g/mol. The van der Waals surface area contributed by atoms with Crippen LogP contribution in [0.25, 0.3) is 0 Å². The minimum absolute atomic E-state index is 0.185. The molecule has 0 fully saturated rings. The Bertz CT molecular complexity index is 520. The van der Waals surface area contributed by atoms with Gasteiger partial charge in [-0.1, -0.05) is 0 Å². The first kappa shape index (κ1) is 13.3. The van der Waals surface area contributed by atoms with E-state index in [2.05, 4.69) is 0 Å². The Labute approximate surface area is 109 Å². The van der Waals surface area contributed by atoms with E-state index in [0.29, 0.717) is 0 Å². The van der Waals surface area contributed by atoms with Gasteiger partial charge in [-0.3, -0.25) is 0 Å². The van der Waals surface area contributed by atoms with Crippen molar-refractivity contribution in [2.75, 3.05) is 0 Å². The number of halogens is 4. The molecule has 0 nitrogen and oxygen atoms in total. The van der Waals surface area contributed by atoms with Crippen LogP contribution in [0.4, 0.5) is 17.6 Å². The van der Waals surface area contributed by atoms with E-state index in [0.717, 1.165) is 45.9 Å². The van der Waals surface area contributed by atoms with Gasteiger partial charge in [0.15, 0.2) is 0 Å². The highest BCUT2D eigenvalue weighted by atomic mass is 33.1. The molecule has 0 aliphatic rings. The zero-order valence-corrected chi connectivity index (χ0v) is 10.4. The van der Waals surface area contributed by atoms with E-state index in [1.165, 1.54) is 12.1 Å². The standard InChI is InChI=1S/C12H6F4S2/c13-7-1-3-11(9(15)5-7)17-18-12-4-2-8(14)6-10(12)16/h1-6H. The Morgan fingerprint density at radius 1 is 0.611 bits per heavy atom. The zero-order chi connectivity index (χ0) is 13.1. The topological polar surface area (TPSA) is 0 Å². The molecule has 6 heteroatoms. The van der Waals surface area contributed by atoms with Crippen LogP contribution in [0.15, 0.2) is 46.2 Å². The molecule has 0 aliphatic heterocycles. The molecule has 0 saturated heterocycles. The van der Waals surface area contributed by atoms with Gasteiger partial charge in [0.1, 0.15) is 23.3 Å². The van der Waals surface area contributed by atoms with Crippen LogP contribution in [-0.4, -0.2) is 0 Å². The van der Waals surface area contributed by atoms with E-state index >= 15 is 0 Å². The van der Waals surface area contributed by atoms with Crippen LogP contribution in [-0.2, 0) is 0 Å². The molecule has 0 saturated carbocycles. The van der Waals surface area contributed by atoms with Crippen molar-refractivity contribution in [1.82, 2.24) is 0 Å². The molecule has 0 atom stereocenters. The maximum Gasteiger partial charge on any atom is 0.140 e. The van der Waals surface area contributed by atoms with Crippen LogP contribution in [0, 0.1) is 23.3 Å². The summed E-state index contributed by atoms with van der Waals surface area (Å²) in [6.07, 6.45) is 0. The summed E-state index contributed by atoms with van der Waals surface area (Å²) in [6.45, 7) is 0. The molecule has 18 heavy (non-hydrogen) atoms. The molecular formula is C12H6F4S2. The third kappa shape index (κ3) is 3.20. The minimum atomic E-state index is -0.713. The Morgan fingerprint density at radius 3 is 1.33 bits per heavy atom.